The Labute approximate surface area is 232 Å². The highest BCUT2D eigenvalue weighted by molar-refractivity contribution is 7.10. The first kappa shape index (κ1) is 25.0. The van der Waals surface area contributed by atoms with Crippen LogP contribution in [0.25, 0.3) is 22.2 Å². The summed E-state index contributed by atoms with van der Waals surface area (Å²) in [5.41, 5.74) is 8.74. The molecule has 0 spiro atoms. The molecule has 0 unspecified atom stereocenters. The van der Waals surface area contributed by atoms with Crippen LogP contribution in [0.3, 0.4) is 0 Å². The van der Waals surface area contributed by atoms with Gasteiger partial charge >= 0.3 is 0 Å². The van der Waals surface area contributed by atoms with Crippen molar-refractivity contribution in [2.75, 3.05) is 5.73 Å². The number of nitrogens with two attached hydrogens (primary N) is 1. The van der Waals surface area contributed by atoms with E-state index < -0.39 is 11.9 Å². The van der Waals surface area contributed by atoms with Crippen molar-refractivity contribution in [3.05, 3.63) is 110 Å². The van der Waals surface area contributed by atoms with E-state index in [0.717, 1.165) is 5.69 Å². The molecule has 40 heavy (non-hydrogen) atoms. The molecule has 4 heterocycles. The van der Waals surface area contributed by atoms with E-state index in [2.05, 4.69) is 32.2 Å². The van der Waals surface area contributed by atoms with Crippen LogP contribution in [-0.2, 0) is 0 Å². The van der Waals surface area contributed by atoms with Crippen molar-refractivity contribution in [2.24, 2.45) is 0 Å². The fraction of sp³-hybridized carbons (Fsp3) is 0.103. The van der Waals surface area contributed by atoms with Crippen LogP contribution in [0.15, 0.2) is 77.2 Å². The number of nitrogens with one attached hydrogen (secondary N) is 1. The van der Waals surface area contributed by atoms with E-state index in [4.69, 9.17) is 10.7 Å². The number of hydrogen-bond acceptors (Lipinski definition) is 8. The first-order chi connectivity index (χ1) is 19.4. The molecule has 2 aromatic carbocycles. The van der Waals surface area contributed by atoms with Crippen LogP contribution in [-0.4, -0.2) is 35.0 Å². The number of amides is 1. The molecule has 6 rings (SSSR count). The Hall–Kier alpha value is -5.34. The second-order valence-electron chi connectivity index (χ2n) is 9.03. The monoisotopic (exact) mass is 546 g/mol. The molecule has 11 heteroatoms. The van der Waals surface area contributed by atoms with E-state index in [1.165, 1.54) is 20.4 Å². The van der Waals surface area contributed by atoms with Crippen LogP contribution >= 0.6 is 11.3 Å². The number of nitrogens with zero attached hydrogens (tertiary/aromatic N) is 6. The second-order valence-corrected chi connectivity index (χ2v) is 9.89. The summed E-state index contributed by atoms with van der Waals surface area (Å²) in [7, 11) is 0. The molecule has 4 aromatic heterocycles. The molecule has 0 fully saturated rings. The van der Waals surface area contributed by atoms with Gasteiger partial charge in [0, 0.05) is 29.0 Å². The molecule has 0 aliphatic heterocycles. The zero-order valence-corrected chi connectivity index (χ0v) is 22.3. The van der Waals surface area contributed by atoms with Crippen molar-refractivity contribution < 1.29 is 4.79 Å². The lowest BCUT2D eigenvalue weighted by atomic mass is 10.1. The maximum Gasteiger partial charge on any atom is 0.267 e. The van der Waals surface area contributed by atoms with Crippen molar-refractivity contribution in [2.45, 2.75) is 19.9 Å². The molecule has 1 amide bonds. The lowest BCUT2D eigenvalue weighted by molar-refractivity contribution is 0.0940. The highest BCUT2D eigenvalue weighted by Gasteiger charge is 2.24. The number of anilines is 1. The van der Waals surface area contributed by atoms with E-state index in [-0.39, 0.29) is 16.9 Å². The van der Waals surface area contributed by atoms with E-state index in [9.17, 15) is 9.59 Å². The van der Waals surface area contributed by atoms with Crippen LogP contribution < -0.4 is 16.6 Å². The van der Waals surface area contributed by atoms with E-state index in [1.54, 1.807) is 43.6 Å². The summed E-state index contributed by atoms with van der Waals surface area (Å²) in [4.78, 5) is 41.0. The highest BCUT2D eigenvalue weighted by atomic mass is 32.1. The first-order valence-corrected chi connectivity index (χ1v) is 13.2. The maximum absolute atomic E-state index is 14.1. The van der Waals surface area contributed by atoms with Gasteiger partial charge in [0.2, 0.25) is 0 Å². The molecular formula is C29H22N8O2S. The Bertz CT molecular complexity index is 2030. The molecule has 0 radical (unpaired) electrons. The number of benzene rings is 2. The normalized spacial score (nSPS) is 11.8. The van der Waals surface area contributed by atoms with Crippen LogP contribution in [0.2, 0.25) is 0 Å². The molecular weight excluding hydrogens is 524 g/mol. The van der Waals surface area contributed by atoms with Crippen LogP contribution in [0.1, 0.15) is 45.4 Å². The van der Waals surface area contributed by atoms with Crippen LogP contribution in [0.4, 0.5) is 5.82 Å². The van der Waals surface area contributed by atoms with Gasteiger partial charge in [-0.2, -0.15) is 0 Å². The Balaban J connectivity index is 1.48. The van der Waals surface area contributed by atoms with Gasteiger partial charge in [0.25, 0.3) is 11.5 Å². The number of aromatic nitrogens is 6. The SMILES string of the molecule is Cc1csc(C#Cc2cccc3nc([C@@H](C)NC(=O)c4c(N)nn5cccnc45)n(-c4ccccc4)c(=O)c23)n1. The number of fused-ring (bicyclic) bond motifs is 2. The third-order valence-electron chi connectivity index (χ3n) is 6.25. The molecule has 0 saturated heterocycles. The summed E-state index contributed by atoms with van der Waals surface area (Å²) in [6.07, 6.45) is 3.22. The summed E-state index contributed by atoms with van der Waals surface area (Å²) >= 11 is 1.45. The number of para-hydroxylation sites is 1. The molecule has 196 valence electrons. The van der Waals surface area contributed by atoms with Gasteiger partial charge in [-0.3, -0.25) is 14.2 Å². The lowest BCUT2D eigenvalue weighted by Crippen LogP contribution is -2.33. The van der Waals surface area contributed by atoms with Gasteiger partial charge in [-0.25, -0.2) is 19.5 Å². The van der Waals surface area contributed by atoms with E-state index >= 15 is 0 Å². The minimum absolute atomic E-state index is 0.0500. The minimum Gasteiger partial charge on any atom is -0.381 e. The fourth-order valence-electron chi connectivity index (χ4n) is 4.46. The summed E-state index contributed by atoms with van der Waals surface area (Å²) in [6.45, 7) is 3.67. The van der Waals surface area contributed by atoms with Crippen molar-refractivity contribution >= 4 is 39.6 Å². The minimum atomic E-state index is -0.684. The largest absolute Gasteiger partial charge is 0.381 e. The molecule has 3 N–H and O–H groups in total. The Morgan fingerprint density at radius 2 is 1.90 bits per heavy atom. The van der Waals surface area contributed by atoms with Gasteiger partial charge in [0.15, 0.2) is 16.5 Å². The Morgan fingerprint density at radius 1 is 1.07 bits per heavy atom. The van der Waals surface area contributed by atoms with Crippen molar-refractivity contribution in [3.8, 4) is 17.5 Å². The second kappa shape index (κ2) is 10.1. The molecule has 10 nitrogen and oxygen atoms in total. The first-order valence-electron chi connectivity index (χ1n) is 12.4. The van der Waals surface area contributed by atoms with Gasteiger partial charge < -0.3 is 11.1 Å². The Kier molecular flexibility index (Phi) is 6.30. The van der Waals surface area contributed by atoms with Crippen LogP contribution in [0, 0.1) is 18.8 Å². The third-order valence-corrected chi connectivity index (χ3v) is 7.12. The van der Waals surface area contributed by atoms with Gasteiger partial charge in [-0.15, -0.1) is 16.4 Å². The summed E-state index contributed by atoms with van der Waals surface area (Å²) in [5.74, 6) is 6.08. The molecule has 0 bridgehead atoms. The molecule has 1 atom stereocenters. The number of thiazole rings is 1. The van der Waals surface area contributed by atoms with Gasteiger partial charge in [-0.1, -0.05) is 30.2 Å². The number of hydrogen-bond donors (Lipinski definition) is 2. The predicted molar refractivity (Wildman–Crippen MR) is 153 cm³/mol. The molecule has 6 aromatic rings. The number of carbonyl (C=O) groups excluding carboxylic acids is 1. The summed E-state index contributed by atoms with van der Waals surface area (Å²) in [5, 5.41) is 10.1. The fourth-order valence-corrected chi connectivity index (χ4v) is 5.10. The van der Waals surface area contributed by atoms with Crippen molar-refractivity contribution in [1.82, 2.24) is 34.4 Å². The number of nitrogen functional groups attached to an aromatic ring is 1. The van der Waals surface area contributed by atoms with Gasteiger partial charge in [-0.05, 0) is 50.1 Å². The summed E-state index contributed by atoms with van der Waals surface area (Å²) < 4.78 is 2.95. The van der Waals surface area contributed by atoms with Crippen molar-refractivity contribution in [1.29, 1.82) is 0 Å². The van der Waals surface area contributed by atoms with Crippen LogP contribution in [0.5, 0.6) is 0 Å². The third kappa shape index (κ3) is 4.46. The standard InChI is InChI=1S/C29H22N8O2S/c1-17-16-40-22(32-17)13-12-19-8-6-11-21-23(19)29(39)37(20-9-4-3-5-10-20)26(34-21)18(2)33-28(38)24-25(30)35-36-15-7-14-31-27(24)36/h3-11,14-16,18H,1-2H3,(H2,30,35)(H,33,38)/t18-/m1/s1. The van der Waals surface area contributed by atoms with E-state index in [0.29, 0.717) is 38.6 Å². The van der Waals surface area contributed by atoms with Gasteiger partial charge in [0.05, 0.1) is 22.6 Å². The molecule has 0 saturated carbocycles. The average molecular weight is 547 g/mol. The molecule has 0 aliphatic carbocycles. The summed E-state index contributed by atoms with van der Waals surface area (Å²) in [6, 6.07) is 15.5. The predicted octanol–water partition coefficient (Wildman–Crippen LogP) is 3.67. The van der Waals surface area contributed by atoms with Crippen molar-refractivity contribution in [3.63, 3.8) is 0 Å². The zero-order valence-electron chi connectivity index (χ0n) is 21.5. The number of carbonyl (C=O) groups is 1. The topological polar surface area (TPSA) is 133 Å². The lowest BCUT2D eigenvalue weighted by Gasteiger charge is -2.20. The quantitative estimate of drug-likeness (QED) is 0.322. The average Bonchev–Trinajstić information content (AvgIpc) is 3.53. The maximum atomic E-state index is 14.1. The highest BCUT2D eigenvalue weighted by Crippen LogP contribution is 2.22. The van der Waals surface area contributed by atoms with Gasteiger partial charge in [0.1, 0.15) is 11.4 Å². The Morgan fingerprint density at radius 3 is 2.67 bits per heavy atom. The van der Waals surface area contributed by atoms with E-state index in [1.807, 2.05) is 42.6 Å². The smallest absolute Gasteiger partial charge is 0.267 e. The molecule has 0 aliphatic rings. The number of aryl methyl sites for hydroxylation is 1. The number of rotatable bonds is 4. The zero-order chi connectivity index (χ0) is 27.8.